The minimum Gasteiger partial charge on any atom is -0.455 e. The van der Waals surface area contributed by atoms with Crippen molar-refractivity contribution in [3.63, 3.8) is 0 Å². The maximum Gasteiger partial charge on any atom is 0.313 e. The molecular formula is C42H46ClN3O7. The van der Waals surface area contributed by atoms with E-state index in [9.17, 15) is 19.5 Å². The second-order valence-corrected chi connectivity index (χ2v) is 14.4. The number of aliphatic hydroxyl groups excluding tert-OH is 1. The van der Waals surface area contributed by atoms with Crippen molar-refractivity contribution in [2.24, 2.45) is 11.8 Å². The van der Waals surface area contributed by atoms with Crippen molar-refractivity contribution in [2.45, 2.75) is 68.5 Å². The number of amides is 3. The van der Waals surface area contributed by atoms with E-state index in [0.29, 0.717) is 41.1 Å². The predicted octanol–water partition coefficient (Wildman–Crippen LogP) is 6.06. The molecule has 2 bridgehead atoms. The highest BCUT2D eigenvalue weighted by Gasteiger charge is 2.76. The largest absolute Gasteiger partial charge is 0.455 e. The van der Waals surface area contributed by atoms with Crippen LogP contribution in [0.25, 0.3) is 0 Å². The normalized spacial score (nSPS) is 24.5. The Bertz CT molecular complexity index is 1820. The third-order valence-corrected chi connectivity index (χ3v) is 11.3. The van der Waals surface area contributed by atoms with E-state index in [1.54, 1.807) is 72.6 Å². The number of benzene rings is 3. The highest BCUT2D eigenvalue weighted by atomic mass is 35.5. The zero-order valence-electron chi connectivity index (χ0n) is 30.1. The summed E-state index contributed by atoms with van der Waals surface area (Å²) in [5, 5.41) is 11.4. The van der Waals surface area contributed by atoms with Crippen LogP contribution in [0, 0.1) is 11.8 Å². The van der Waals surface area contributed by atoms with Gasteiger partial charge in [0, 0.05) is 30.7 Å². The fraction of sp³-hybridized carbons (Fsp3) is 0.381. The van der Waals surface area contributed by atoms with E-state index in [2.05, 4.69) is 13.2 Å². The smallest absolute Gasteiger partial charge is 0.313 e. The van der Waals surface area contributed by atoms with Crippen LogP contribution in [0.4, 0.5) is 5.69 Å². The van der Waals surface area contributed by atoms with Crippen LogP contribution in [0.2, 0.25) is 5.02 Å². The van der Waals surface area contributed by atoms with E-state index in [-0.39, 0.29) is 18.9 Å². The monoisotopic (exact) mass is 739 g/mol. The van der Waals surface area contributed by atoms with Gasteiger partial charge in [0.25, 0.3) is 5.91 Å². The molecule has 0 radical (unpaired) electrons. The molecule has 3 heterocycles. The molecule has 3 aromatic carbocycles. The standard InChI is InChI=1S/C42H46ClN3O7/c1-5-7-18-34(48)44(4)27(3)37(29-16-12-9-13-17-29)52-41(51)35-33-23-24-42(53-33)36(35)39(49)46(32(26-47)28-14-10-8-11-15-28)38(42)40(50)45(25-6-2)31-21-19-30(43)20-22-31/h5-6,8-17,19-22,27,32-33,35-38,47H,1-2,7,18,23-26H2,3-4H3/t27-,32+,33-,35+,36+,37+,38-,42+/m0/s1. The SMILES string of the molecule is C=CCCC(=O)N(C)[C@@H](C)[C@@H](OC(=O)[C@@H]1[C@@H]2CC[C@]3(O2)[C@H](C(=O)N(CC=C)c2ccc(Cl)cc2)N([C@H](CO)c2ccccc2)C(=O)[C@@H]13)c1ccccc1. The summed E-state index contributed by atoms with van der Waals surface area (Å²) in [5.41, 5.74) is 0.495. The molecule has 3 saturated heterocycles. The van der Waals surface area contributed by atoms with Gasteiger partial charge in [0.05, 0.1) is 36.6 Å². The molecule has 0 saturated carbocycles. The average Bonchev–Trinajstić information content (AvgIpc) is 3.83. The molecule has 11 heteroatoms. The first-order valence-electron chi connectivity index (χ1n) is 18.0. The number of ether oxygens (including phenoxy) is 2. The van der Waals surface area contributed by atoms with Gasteiger partial charge in [0.15, 0.2) is 0 Å². The topological polar surface area (TPSA) is 117 Å². The summed E-state index contributed by atoms with van der Waals surface area (Å²) < 4.78 is 13.1. The Hall–Kier alpha value is -4.77. The van der Waals surface area contributed by atoms with Crippen molar-refractivity contribution in [2.75, 3.05) is 25.1 Å². The second kappa shape index (κ2) is 16.1. The van der Waals surface area contributed by atoms with Gasteiger partial charge in [-0.2, -0.15) is 0 Å². The van der Waals surface area contributed by atoms with Crippen LogP contribution in [0.5, 0.6) is 0 Å². The van der Waals surface area contributed by atoms with Gasteiger partial charge in [-0.3, -0.25) is 19.2 Å². The summed E-state index contributed by atoms with van der Waals surface area (Å²) in [6.45, 7) is 9.07. The fourth-order valence-corrected chi connectivity index (χ4v) is 8.47. The number of aliphatic hydroxyl groups is 1. The number of anilines is 1. The maximum atomic E-state index is 15.0. The van der Waals surface area contributed by atoms with E-state index in [1.165, 1.54) is 9.80 Å². The van der Waals surface area contributed by atoms with Crippen molar-refractivity contribution < 1.29 is 33.8 Å². The van der Waals surface area contributed by atoms with Gasteiger partial charge in [0.2, 0.25) is 11.8 Å². The van der Waals surface area contributed by atoms with E-state index in [0.717, 1.165) is 0 Å². The summed E-state index contributed by atoms with van der Waals surface area (Å²) in [5.74, 6) is -3.75. The first-order chi connectivity index (χ1) is 25.6. The van der Waals surface area contributed by atoms with Gasteiger partial charge >= 0.3 is 5.97 Å². The molecule has 8 atom stereocenters. The number of likely N-dealkylation sites (N-methyl/N-ethyl adjacent to an activating group) is 1. The molecule has 6 rings (SSSR count). The van der Waals surface area contributed by atoms with Crippen molar-refractivity contribution in [3.05, 3.63) is 126 Å². The molecule has 278 valence electrons. The molecule has 0 unspecified atom stereocenters. The minimum absolute atomic E-state index is 0.124. The van der Waals surface area contributed by atoms with E-state index >= 15 is 4.79 Å². The highest BCUT2D eigenvalue weighted by Crippen LogP contribution is 2.60. The number of rotatable bonds is 15. The summed E-state index contributed by atoms with van der Waals surface area (Å²) in [6.07, 6.45) is 3.28. The third-order valence-electron chi connectivity index (χ3n) is 11.0. The molecule has 3 aromatic rings. The maximum absolute atomic E-state index is 15.0. The van der Waals surface area contributed by atoms with Gasteiger partial charge in [-0.25, -0.2) is 0 Å². The Balaban J connectivity index is 1.40. The molecule has 1 N–H and O–H groups in total. The first kappa shape index (κ1) is 38.0. The van der Waals surface area contributed by atoms with Crippen LogP contribution in [-0.4, -0.2) is 82.6 Å². The van der Waals surface area contributed by atoms with Crippen LogP contribution < -0.4 is 4.90 Å². The number of likely N-dealkylation sites (tertiary alicyclic amines) is 1. The number of carbonyl (C=O) groups is 4. The third kappa shape index (κ3) is 7.03. The van der Waals surface area contributed by atoms with Gasteiger partial charge in [-0.1, -0.05) is 84.4 Å². The lowest BCUT2D eigenvalue weighted by atomic mass is 9.70. The zero-order chi connectivity index (χ0) is 37.9. The molecule has 3 aliphatic rings. The Kier molecular flexibility index (Phi) is 11.5. The Morgan fingerprint density at radius 3 is 2.26 bits per heavy atom. The number of halogens is 1. The molecule has 3 aliphatic heterocycles. The summed E-state index contributed by atoms with van der Waals surface area (Å²) in [7, 11) is 1.68. The molecule has 3 amide bonds. The quantitative estimate of drug-likeness (QED) is 0.149. The lowest BCUT2D eigenvalue weighted by Gasteiger charge is -2.39. The zero-order valence-corrected chi connectivity index (χ0v) is 30.8. The highest BCUT2D eigenvalue weighted by molar-refractivity contribution is 6.30. The van der Waals surface area contributed by atoms with Crippen LogP contribution in [0.15, 0.2) is 110 Å². The number of fused-ring (bicyclic) bond motifs is 1. The number of hydrogen-bond acceptors (Lipinski definition) is 7. The van der Waals surface area contributed by atoms with Gasteiger partial charge in [-0.15, -0.1) is 13.2 Å². The lowest BCUT2D eigenvalue weighted by molar-refractivity contribution is -0.165. The predicted molar refractivity (Wildman–Crippen MR) is 202 cm³/mol. The van der Waals surface area contributed by atoms with Gasteiger partial charge in [0.1, 0.15) is 17.7 Å². The first-order valence-corrected chi connectivity index (χ1v) is 18.4. The van der Waals surface area contributed by atoms with Crippen LogP contribution >= 0.6 is 11.6 Å². The molecule has 3 fully saturated rings. The van der Waals surface area contributed by atoms with E-state index < -0.39 is 72.2 Å². The van der Waals surface area contributed by atoms with Crippen molar-refractivity contribution in [1.29, 1.82) is 0 Å². The Morgan fingerprint density at radius 2 is 1.66 bits per heavy atom. The summed E-state index contributed by atoms with van der Waals surface area (Å²) in [6, 6.07) is 22.4. The van der Waals surface area contributed by atoms with Crippen LogP contribution in [0.3, 0.4) is 0 Å². The average molecular weight is 740 g/mol. The molecule has 1 spiro atoms. The van der Waals surface area contributed by atoms with Crippen molar-refractivity contribution in [1.82, 2.24) is 9.80 Å². The van der Waals surface area contributed by atoms with Crippen LogP contribution in [-0.2, 0) is 28.7 Å². The molecule has 53 heavy (non-hydrogen) atoms. The number of esters is 1. The number of hydrogen-bond donors (Lipinski definition) is 1. The van der Waals surface area contributed by atoms with Crippen LogP contribution in [0.1, 0.15) is 55.9 Å². The fourth-order valence-electron chi connectivity index (χ4n) is 8.35. The molecule has 10 nitrogen and oxygen atoms in total. The minimum atomic E-state index is -1.37. The molecule has 0 aliphatic carbocycles. The number of nitrogens with zero attached hydrogens (tertiary/aromatic N) is 3. The van der Waals surface area contributed by atoms with Gasteiger partial charge < -0.3 is 29.3 Å². The molecule has 0 aromatic heterocycles. The lowest BCUT2D eigenvalue weighted by Crippen LogP contribution is -2.57. The Morgan fingerprint density at radius 1 is 1.02 bits per heavy atom. The summed E-state index contributed by atoms with van der Waals surface area (Å²) >= 11 is 6.20. The summed E-state index contributed by atoms with van der Waals surface area (Å²) in [4.78, 5) is 62.2. The molecular weight excluding hydrogens is 694 g/mol. The van der Waals surface area contributed by atoms with E-state index in [4.69, 9.17) is 21.1 Å². The number of allylic oxidation sites excluding steroid dienone is 1. The van der Waals surface area contributed by atoms with Gasteiger partial charge in [-0.05, 0) is 61.6 Å². The Labute approximate surface area is 315 Å². The number of carbonyl (C=O) groups excluding carboxylic acids is 4. The second-order valence-electron chi connectivity index (χ2n) is 14.0. The van der Waals surface area contributed by atoms with Crippen molar-refractivity contribution >= 4 is 41.0 Å². The van der Waals surface area contributed by atoms with E-state index in [1.807, 2.05) is 43.3 Å². The van der Waals surface area contributed by atoms with Crippen molar-refractivity contribution in [3.8, 4) is 0 Å².